The van der Waals surface area contributed by atoms with E-state index in [4.69, 9.17) is 5.84 Å². The number of hydrazine groups is 1. The number of carbonyl (C=O) groups is 1. The van der Waals surface area contributed by atoms with E-state index in [1.165, 1.54) is 0 Å². The molecule has 0 fully saturated rings. The van der Waals surface area contributed by atoms with Crippen LogP contribution in [0.1, 0.15) is 10.4 Å². The Morgan fingerprint density at radius 2 is 2.21 bits per heavy atom. The first-order valence-corrected chi connectivity index (χ1v) is 4.28. The van der Waals surface area contributed by atoms with E-state index in [2.05, 4.69) is 5.43 Å². The minimum Gasteiger partial charge on any atom is -0.351 e. The van der Waals surface area contributed by atoms with Gasteiger partial charge in [-0.05, 0) is 23.6 Å². The molecule has 0 saturated heterocycles. The molecular weight excluding hydrogens is 178 g/mol. The van der Waals surface area contributed by atoms with Gasteiger partial charge in [-0.2, -0.15) is 0 Å². The van der Waals surface area contributed by atoms with Crippen molar-refractivity contribution >= 4 is 16.8 Å². The fraction of sp³-hybridized carbons (Fsp3) is 0.100. The highest BCUT2D eigenvalue weighted by Gasteiger charge is 2.05. The smallest absolute Gasteiger partial charge is 0.265 e. The minimum atomic E-state index is -0.270. The third-order valence-corrected chi connectivity index (χ3v) is 2.28. The second-order valence-corrected chi connectivity index (χ2v) is 3.17. The van der Waals surface area contributed by atoms with Crippen LogP contribution in [0.4, 0.5) is 0 Å². The highest BCUT2D eigenvalue weighted by Crippen LogP contribution is 2.16. The molecule has 72 valence electrons. The first kappa shape index (κ1) is 8.77. The van der Waals surface area contributed by atoms with Crippen molar-refractivity contribution in [1.29, 1.82) is 0 Å². The molecule has 0 aliphatic heterocycles. The summed E-state index contributed by atoms with van der Waals surface area (Å²) in [4.78, 5) is 11.2. The maximum absolute atomic E-state index is 11.2. The van der Waals surface area contributed by atoms with Crippen LogP contribution in [0.25, 0.3) is 10.9 Å². The Bertz CT molecular complexity index is 487. The van der Waals surface area contributed by atoms with Gasteiger partial charge < -0.3 is 4.57 Å². The number of nitrogens with zero attached hydrogens (tertiary/aromatic N) is 1. The third kappa shape index (κ3) is 1.25. The third-order valence-electron chi connectivity index (χ3n) is 2.28. The molecule has 0 radical (unpaired) electrons. The molecule has 0 spiro atoms. The average molecular weight is 189 g/mol. The molecule has 2 aromatic rings. The van der Waals surface area contributed by atoms with Gasteiger partial charge in [0.15, 0.2) is 0 Å². The maximum atomic E-state index is 11.2. The lowest BCUT2D eigenvalue weighted by molar-refractivity contribution is 0.0954. The molecule has 0 bridgehead atoms. The molecular formula is C10H11N3O. The Morgan fingerprint density at radius 3 is 2.93 bits per heavy atom. The number of nitrogens with one attached hydrogen (secondary N) is 1. The van der Waals surface area contributed by atoms with Crippen LogP contribution in [-0.4, -0.2) is 10.5 Å². The van der Waals surface area contributed by atoms with E-state index in [0.29, 0.717) is 5.56 Å². The second kappa shape index (κ2) is 3.16. The second-order valence-electron chi connectivity index (χ2n) is 3.17. The summed E-state index contributed by atoms with van der Waals surface area (Å²) >= 11 is 0. The Kier molecular flexibility index (Phi) is 1.98. The van der Waals surface area contributed by atoms with Gasteiger partial charge in [-0.25, -0.2) is 5.84 Å². The molecule has 0 aliphatic carbocycles. The molecule has 4 nitrogen and oxygen atoms in total. The molecule has 1 heterocycles. The van der Waals surface area contributed by atoms with Crippen LogP contribution in [-0.2, 0) is 7.05 Å². The number of hydrogen-bond donors (Lipinski definition) is 2. The molecule has 1 amide bonds. The molecule has 3 N–H and O–H groups in total. The van der Waals surface area contributed by atoms with E-state index in [1.54, 1.807) is 6.07 Å². The van der Waals surface area contributed by atoms with Gasteiger partial charge in [-0.15, -0.1) is 0 Å². The average Bonchev–Trinajstić information content (AvgIpc) is 2.59. The largest absolute Gasteiger partial charge is 0.351 e. The quantitative estimate of drug-likeness (QED) is 0.395. The zero-order chi connectivity index (χ0) is 10.1. The number of benzene rings is 1. The lowest BCUT2D eigenvalue weighted by Gasteiger charge is -2.01. The van der Waals surface area contributed by atoms with Gasteiger partial charge in [0.2, 0.25) is 0 Å². The van der Waals surface area contributed by atoms with Crippen LogP contribution in [0.15, 0.2) is 30.5 Å². The summed E-state index contributed by atoms with van der Waals surface area (Å²) in [6.07, 6.45) is 1.95. The van der Waals surface area contributed by atoms with E-state index in [-0.39, 0.29) is 5.91 Å². The molecule has 4 heteroatoms. The van der Waals surface area contributed by atoms with Crippen molar-refractivity contribution in [3.05, 3.63) is 36.0 Å². The van der Waals surface area contributed by atoms with Crippen LogP contribution < -0.4 is 11.3 Å². The van der Waals surface area contributed by atoms with E-state index >= 15 is 0 Å². The van der Waals surface area contributed by atoms with Crippen molar-refractivity contribution in [2.75, 3.05) is 0 Å². The van der Waals surface area contributed by atoms with Crippen molar-refractivity contribution in [2.24, 2.45) is 12.9 Å². The summed E-state index contributed by atoms with van der Waals surface area (Å²) in [7, 11) is 1.94. The van der Waals surface area contributed by atoms with E-state index in [0.717, 1.165) is 10.9 Å². The van der Waals surface area contributed by atoms with E-state index in [9.17, 15) is 4.79 Å². The van der Waals surface area contributed by atoms with Gasteiger partial charge in [0, 0.05) is 24.3 Å². The standard InChI is InChI=1S/C10H11N3O/c1-13-5-4-7-2-3-8(6-9(7)13)10(14)12-11/h2-6H,11H2,1H3,(H,12,14). The van der Waals surface area contributed by atoms with Crippen LogP contribution in [0.5, 0.6) is 0 Å². The molecule has 0 saturated carbocycles. The summed E-state index contributed by atoms with van der Waals surface area (Å²) in [6, 6.07) is 7.47. The first-order valence-electron chi connectivity index (χ1n) is 4.28. The highest BCUT2D eigenvalue weighted by atomic mass is 16.2. The number of amides is 1. The molecule has 1 aromatic heterocycles. The maximum Gasteiger partial charge on any atom is 0.265 e. The van der Waals surface area contributed by atoms with E-state index in [1.807, 2.05) is 36.0 Å². The number of nitrogens with two attached hydrogens (primary N) is 1. The fourth-order valence-electron chi connectivity index (χ4n) is 1.49. The molecule has 0 atom stereocenters. The zero-order valence-electron chi connectivity index (χ0n) is 7.82. The van der Waals surface area contributed by atoms with Crippen molar-refractivity contribution in [2.45, 2.75) is 0 Å². The fourth-order valence-corrected chi connectivity index (χ4v) is 1.49. The number of fused-ring (bicyclic) bond motifs is 1. The van der Waals surface area contributed by atoms with Gasteiger partial charge in [-0.1, -0.05) is 6.07 Å². The van der Waals surface area contributed by atoms with Gasteiger partial charge in [0.1, 0.15) is 0 Å². The summed E-state index contributed by atoms with van der Waals surface area (Å²) in [5.74, 6) is 4.78. The minimum absolute atomic E-state index is 0.270. The normalized spacial score (nSPS) is 10.4. The van der Waals surface area contributed by atoms with Crippen LogP contribution in [0.3, 0.4) is 0 Å². The summed E-state index contributed by atoms with van der Waals surface area (Å²) < 4.78 is 1.96. The number of aryl methyl sites for hydroxylation is 1. The Morgan fingerprint density at radius 1 is 1.43 bits per heavy atom. The topological polar surface area (TPSA) is 60.0 Å². The van der Waals surface area contributed by atoms with Gasteiger partial charge >= 0.3 is 0 Å². The lowest BCUT2D eigenvalue weighted by atomic mass is 10.1. The summed E-state index contributed by atoms with van der Waals surface area (Å²) in [6.45, 7) is 0. The molecule has 0 unspecified atom stereocenters. The highest BCUT2D eigenvalue weighted by molar-refractivity contribution is 5.97. The molecule has 2 rings (SSSR count). The van der Waals surface area contributed by atoms with Crippen molar-refractivity contribution in [3.63, 3.8) is 0 Å². The monoisotopic (exact) mass is 189 g/mol. The van der Waals surface area contributed by atoms with Crippen molar-refractivity contribution < 1.29 is 4.79 Å². The number of carbonyl (C=O) groups excluding carboxylic acids is 1. The Labute approximate surface area is 81.3 Å². The van der Waals surface area contributed by atoms with Gasteiger partial charge in [0.25, 0.3) is 5.91 Å². The number of hydrogen-bond acceptors (Lipinski definition) is 2. The molecule has 14 heavy (non-hydrogen) atoms. The SMILES string of the molecule is Cn1ccc2ccc(C(=O)NN)cc21. The van der Waals surface area contributed by atoms with E-state index < -0.39 is 0 Å². The summed E-state index contributed by atoms with van der Waals surface area (Å²) in [5.41, 5.74) is 3.70. The van der Waals surface area contributed by atoms with Crippen LogP contribution in [0, 0.1) is 0 Å². The lowest BCUT2D eigenvalue weighted by Crippen LogP contribution is -2.29. The molecule has 1 aromatic carbocycles. The van der Waals surface area contributed by atoms with Crippen LogP contribution in [0.2, 0.25) is 0 Å². The first-order chi connectivity index (χ1) is 6.72. The van der Waals surface area contributed by atoms with Crippen molar-refractivity contribution in [1.82, 2.24) is 9.99 Å². The number of nitrogen functional groups attached to an aromatic ring is 1. The predicted molar refractivity (Wildman–Crippen MR) is 54.6 cm³/mol. The Balaban J connectivity index is 2.60. The number of rotatable bonds is 1. The Hall–Kier alpha value is -1.81. The summed E-state index contributed by atoms with van der Waals surface area (Å²) in [5, 5.41) is 1.11. The van der Waals surface area contributed by atoms with Gasteiger partial charge in [0.05, 0.1) is 0 Å². The number of aromatic nitrogens is 1. The van der Waals surface area contributed by atoms with Gasteiger partial charge in [-0.3, -0.25) is 10.2 Å². The zero-order valence-corrected chi connectivity index (χ0v) is 7.82. The predicted octanol–water partition coefficient (Wildman–Crippen LogP) is 0.782. The van der Waals surface area contributed by atoms with Crippen molar-refractivity contribution in [3.8, 4) is 0 Å². The van der Waals surface area contributed by atoms with Crippen LogP contribution >= 0.6 is 0 Å². The molecule has 0 aliphatic rings.